The first-order chi connectivity index (χ1) is 12.8. The Bertz CT molecular complexity index is 724. The first kappa shape index (κ1) is 17.4. The van der Waals surface area contributed by atoms with Gasteiger partial charge in [0.25, 0.3) is 0 Å². The van der Waals surface area contributed by atoms with E-state index in [1.165, 1.54) is 25.7 Å². The molecule has 2 heterocycles. The molecular weight excluding hydrogens is 348 g/mol. The Morgan fingerprint density at radius 1 is 1.19 bits per heavy atom. The Balaban J connectivity index is 1.20. The van der Waals surface area contributed by atoms with Crippen LogP contribution in [0.3, 0.4) is 0 Å². The zero-order chi connectivity index (χ0) is 17.8. The number of aromatic nitrogens is 3. The van der Waals surface area contributed by atoms with Crippen molar-refractivity contribution in [3.8, 4) is 5.75 Å². The van der Waals surface area contributed by atoms with Gasteiger partial charge in [0.15, 0.2) is 0 Å². The van der Waals surface area contributed by atoms with Crippen LogP contribution in [0, 0.1) is 0 Å². The fourth-order valence-electron chi connectivity index (χ4n) is 3.39. The zero-order valence-corrected chi connectivity index (χ0v) is 15.6. The number of hydrogen-bond acceptors (Lipinski definition) is 5. The number of para-hydroxylation sites is 1. The van der Waals surface area contributed by atoms with Crippen molar-refractivity contribution in [1.29, 1.82) is 0 Å². The maximum atomic E-state index is 12.3. The number of ether oxygens (including phenoxy) is 1. The van der Waals surface area contributed by atoms with Crippen LogP contribution in [0.15, 0.2) is 36.5 Å². The summed E-state index contributed by atoms with van der Waals surface area (Å²) >= 11 is 1.83. The van der Waals surface area contributed by atoms with E-state index in [1.54, 1.807) is 0 Å². The second kappa shape index (κ2) is 8.12. The van der Waals surface area contributed by atoms with Gasteiger partial charge in [-0.1, -0.05) is 36.3 Å². The van der Waals surface area contributed by atoms with Crippen LogP contribution in [0.4, 0.5) is 0 Å². The normalized spacial score (nSPS) is 18.1. The fraction of sp³-hybridized carbons (Fsp3) is 0.526. The van der Waals surface area contributed by atoms with Crippen LogP contribution in [0.2, 0.25) is 0 Å². The van der Waals surface area contributed by atoms with Crippen molar-refractivity contribution in [2.45, 2.75) is 43.6 Å². The molecule has 1 aromatic heterocycles. The summed E-state index contributed by atoms with van der Waals surface area (Å²) in [5, 5.41) is 9.06. The minimum absolute atomic E-state index is 0.230. The fourth-order valence-corrected chi connectivity index (χ4v) is 4.62. The van der Waals surface area contributed by atoms with Gasteiger partial charge in [-0.25, -0.2) is 4.68 Å². The molecule has 6 nitrogen and oxygen atoms in total. The third-order valence-corrected chi connectivity index (χ3v) is 6.38. The van der Waals surface area contributed by atoms with Crippen LogP contribution in [-0.4, -0.2) is 49.9 Å². The van der Waals surface area contributed by atoms with Gasteiger partial charge >= 0.3 is 0 Å². The predicted molar refractivity (Wildman–Crippen MR) is 101 cm³/mol. The molecule has 0 unspecified atom stereocenters. The highest BCUT2D eigenvalue weighted by molar-refractivity contribution is 8.00. The van der Waals surface area contributed by atoms with Gasteiger partial charge < -0.3 is 9.64 Å². The third kappa shape index (κ3) is 4.20. The summed E-state index contributed by atoms with van der Waals surface area (Å²) in [7, 11) is 0. The van der Waals surface area contributed by atoms with Crippen LogP contribution < -0.4 is 4.74 Å². The number of hydrogen-bond donors (Lipinski definition) is 0. The zero-order valence-electron chi connectivity index (χ0n) is 14.8. The number of carbonyl (C=O) groups excluding carboxylic acids is 1. The monoisotopic (exact) mass is 372 g/mol. The molecule has 0 N–H and O–H groups in total. The SMILES string of the molecule is O=C(CSC1CCCC1)N1CC(n2cc(COc3ccccc3)nn2)C1. The largest absolute Gasteiger partial charge is 0.487 e. The Hall–Kier alpha value is -2.02. The summed E-state index contributed by atoms with van der Waals surface area (Å²) in [4.78, 5) is 14.2. The topological polar surface area (TPSA) is 60.2 Å². The smallest absolute Gasteiger partial charge is 0.232 e. The molecule has 1 aromatic carbocycles. The molecule has 2 fully saturated rings. The van der Waals surface area contributed by atoms with Gasteiger partial charge in [-0.3, -0.25) is 4.79 Å². The lowest BCUT2D eigenvalue weighted by atomic mass is 10.1. The standard InChI is InChI=1S/C19H24N4O2S/c24-19(14-26-18-8-4-5-9-18)22-11-16(12-22)23-10-15(20-21-23)13-25-17-6-2-1-3-7-17/h1-3,6-7,10,16,18H,4-5,8-9,11-14H2. The average Bonchev–Trinajstić information content (AvgIpc) is 3.30. The summed E-state index contributed by atoms with van der Waals surface area (Å²) in [5.74, 6) is 1.69. The Morgan fingerprint density at radius 2 is 1.96 bits per heavy atom. The van der Waals surface area contributed by atoms with Crippen LogP contribution >= 0.6 is 11.8 Å². The molecule has 2 aromatic rings. The van der Waals surface area contributed by atoms with Crippen molar-refractivity contribution in [2.24, 2.45) is 0 Å². The number of likely N-dealkylation sites (tertiary alicyclic amines) is 1. The van der Waals surface area contributed by atoms with Crippen LogP contribution in [0.25, 0.3) is 0 Å². The first-order valence-electron chi connectivity index (χ1n) is 9.26. The van der Waals surface area contributed by atoms with Crippen LogP contribution in [-0.2, 0) is 11.4 Å². The maximum absolute atomic E-state index is 12.3. The summed E-state index contributed by atoms with van der Waals surface area (Å²) in [6, 6.07) is 9.91. The minimum Gasteiger partial charge on any atom is -0.487 e. The van der Waals surface area contributed by atoms with Crippen molar-refractivity contribution >= 4 is 17.7 Å². The highest BCUT2D eigenvalue weighted by atomic mass is 32.2. The molecule has 2 aliphatic rings. The molecule has 1 saturated heterocycles. The van der Waals surface area contributed by atoms with E-state index >= 15 is 0 Å². The summed E-state index contributed by atoms with van der Waals surface area (Å²) in [6.07, 6.45) is 7.10. The highest BCUT2D eigenvalue weighted by Crippen LogP contribution is 2.30. The van der Waals surface area contributed by atoms with Crippen molar-refractivity contribution in [3.05, 3.63) is 42.2 Å². The Morgan fingerprint density at radius 3 is 2.73 bits per heavy atom. The summed E-state index contributed by atoms with van der Waals surface area (Å²) < 4.78 is 7.55. The van der Waals surface area contributed by atoms with E-state index in [0.29, 0.717) is 17.6 Å². The van der Waals surface area contributed by atoms with Crippen molar-refractivity contribution < 1.29 is 9.53 Å². The lowest BCUT2D eigenvalue weighted by Crippen LogP contribution is -2.51. The summed E-state index contributed by atoms with van der Waals surface area (Å²) in [6.45, 7) is 1.86. The van der Waals surface area contributed by atoms with E-state index in [4.69, 9.17) is 4.74 Å². The number of nitrogens with zero attached hydrogens (tertiary/aromatic N) is 4. The van der Waals surface area contributed by atoms with Gasteiger partial charge in [0, 0.05) is 18.3 Å². The van der Waals surface area contributed by atoms with E-state index in [0.717, 1.165) is 24.5 Å². The molecule has 1 aliphatic heterocycles. The van der Waals surface area contributed by atoms with Crippen molar-refractivity contribution in [3.63, 3.8) is 0 Å². The average molecular weight is 372 g/mol. The van der Waals surface area contributed by atoms with Gasteiger partial charge in [0.2, 0.25) is 5.91 Å². The molecule has 4 rings (SSSR count). The molecule has 1 saturated carbocycles. The van der Waals surface area contributed by atoms with E-state index in [1.807, 2.05) is 57.9 Å². The van der Waals surface area contributed by atoms with Crippen molar-refractivity contribution in [1.82, 2.24) is 19.9 Å². The molecule has 7 heteroatoms. The first-order valence-corrected chi connectivity index (χ1v) is 10.3. The van der Waals surface area contributed by atoms with E-state index < -0.39 is 0 Å². The number of carbonyl (C=O) groups is 1. The number of benzene rings is 1. The molecule has 1 amide bonds. The molecule has 0 spiro atoms. The number of amides is 1. The predicted octanol–water partition coefficient (Wildman–Crippen LogP) is 2.92. The van der Waals surface area contributed by atoms with E-state index in [9.17, 15) is 4.79 Å². The van der Waals surface area contributed by atoms with Gasteiger partial charge in [0.1, 0.15) is 18.1 Å². The van der Waals surface area contributed by atoms with Crippen LogP contribution in [0.5, 0.6) is 5.75 Å². The van der Waals surface area contributed by atoms with E-state index in [2.05, 4.69) is 10.3 Å². The maximum Gasteiger partial charge on any atom is 0.232 e. The summed E-state index contributed by atoms with van der Waals surface area (Å²) in [5.41, 5.74) is 0.801. The molecule has 0 atom stereocenters. The van der Waals surface area contributed by atoms with Gasteiger partial charge in [0.05, 0.1) is 18.0 Å². The third-order valence-electron chi connectivity index (χ3n) is 5.02. The molecular formula is C19H24N4O2S. The lowest BCUT2D eigenvalue weighted by molar-refractivity contribution is -0.134. The van der Waals surface area contributed by atoms with E-state index in [-0.39, 0.29) is 11.9 Å². The number of thioether (sulfide) groups is 1. The van der Waals surface area contributed by atoms with Gasteiger partial charge in [-0.05, 0) is 25.0 Å². The quantitative estimate of drug-likeness (QED) is 0.748. The molecule has 1 aliphatic carbocycles. The molecule has 0 radical (unpaired) electrons. The highest BCUT2D eigenvalue weighted by Gasteiger charge is 2.33. The molecule has 138 valence electrons. The van der Waals surface area contributed by atoms with Gasteiger partial charge in [-0.15, -0.1) is 16.9 Å². The van der Waals surface area contributed by atoms with Gasteiger partial charge in [-0.2, -0.15) is 0 Å². The molecule has 0 bridgehead atoms. The van der Waals surface area contributed by atoms with Crippen LogP contribution in [0.1, 0.15) is 37.4 Å². The van der Waals surface area contributed by atoms with Crippen molar-refractivity contribution in [2.75, 3.05) is 18.8 Å². The lowest BCUT2D eigenvalue weighted by Gasteiger charge is -2.39. The Labute approximate surface area is 157 Å². The second-order valence-electron chi connectivity index (χ2n) is 6.96. The minimum atomic E-state index is 0.230. The Kier molecular flexibility index (Phi) is 5.43. The second-order valence-corrected chi connectivity index (χ2v) is 8.25. The number of rotatable bonds is 7. The molecule has 26 heavy (non-hydrogen) atoms.